The highest BCUT2D eigenvalue weighted by atomic mass is 16.8. The van der Waals surface area contributed by atoms with Gasteiger partial charge in [-0.05, 0) is 52.8 Å². The van der Waals surface area contributed by atoms with Gasteiger partial charge in [-0.2, -0.15) is 0 Å². The van der Waals surface area contributed by atoms with Crippen LogP contribution in [-0.2, 0) is 76.1 Å². The maximum atomic E-state index is 13.9. The average molecular weight is 1020 g/mol. The summed E-state index contributed by atoms with van der Waals surface area (Å²) in [5, 5.41) is 15.1. The van der Waals surface area contributed by atoms with Crippen molar-refractivity contribution in [2.24, 2.45) is 20.5 Å². The molecule has 2 heterocycles. The van der Waals surface area contributed by atoms with E-state index < -0.39 is 153 Å². The molecule has 2 aromatic carbocycles. The van der Waals surface area contributed by atoms with E-state index in [1.807, 2.05) is 0 Å². The second-order valence-electron chi connectivity index (χ2n) is 16.2. The van der Waals surface area contributed by atoms with Gasteiger partial charge in [-0.15, -0.1) is 0 Å². The van der Waals surface area contributed by atoms with Crippen LogP contribution < -0.4 is 0 Å². The number of hydrogen-bond donors (Lipinski definition) is 0. The predicted molar refractivity (Wildman–Crippen MR) is 239 cm³/mol. The van der Waals surface area contributed by atoms with Crippen LogP contribution in [0.1, 0.15) is 68.7 Å². The third-order valence-electron chi connectivity index (χ3n) is 11.1. The molecule has 388 valence electrons. The van der Waals surface area contributed by atoms with Crippen LogP contribution in [-0.4, -0.2) is 146 Å². The Morgan fingerprint density at radius 2 is 1.03 bits per heavy atom. The molecule has 1 saturated carbocycles. The van der Waals surface area contributed by atoms with E-state index in [9.17, 15) is 55.7 Å². The first kappa shape index (κ1) is 55.7. The number of azide groups is 4. The molecule has 5 rings (SSSR count). The van der Waals surface area contributed by atoms with E-state index >= 15 is 0 Å². The average Bonchev–Trinajstić information content (AvgIpc) is 3.66. The summed E-state index contributed by atoms with van der Waals surface area (Å²) in [6.45, 7) is 5.52. The number of rotatable bonds is 20. The lowest BCUT2D eigenvalue weighted by Crippen LogP contribution is -2.66. The first-order chi connectivity index (χ1) is 34.9. The molecule has 0 N–H and O–H groups in total. The quantitative estimate of drug-likeness (QED) is 0.0548. The Balaban J connectivity index is 1.73. The van der Waals surface area contributed by atoms with Gasteiger partial charge < -0.3 is 52.1 Å². The number of benzene rings is 2. The topological polar surface area (TPSA) is 416 Å². The fraction of sp³-hybridized carbons (Fsp3) is 0.558. The maximum absolute atomic E-state index is 13.9. The number of nitrogens with zero attached hydrogens (tertiary/aromatic N) is 12. The third kappa shape index (κ3) is 14.7. The smallest absolute Gasteiger partial charge is 0.338 e. The van der Waals surface area contributed by atoms with Crippen LogP contribution in [0.5, 0.6) is 0 Å². The van der Waals surface area contributed by atoms with Crippen molar-refractivity contribution in [3.63, 3.8) is 0 Å². The summed E-state index contributed by atoms with van der Waals surface area (Å²) in [4.78, 5) is 102. The van der Waals surface area contributed by atoms with Gasteiger partial charge >= 0.3 is 41.8 Å². The van der Waals surface area contributed by atoms with Crippen molar-refractivity contribution in [2.75, 3.05) is 6.61 Å². The van der Waals surface area contributed by atoms with Crippen LogP contribution in [0.3, 0.4) is 0 Å². The Morgan fingerprint density at radius 1 is 0.548 bits per heavy atom. The second kappa shape index (κ2) is 26.3. The van der Waals surface area contributed by atoms with E-state index in [0.29, 0.717) is 0 Å². The van der Waals surface area contributed by atoms with E-state index in [4.69, 9.17) is 52.1 Å². The number of esters is 7. The van der Waals surface area contributed by atoms with Crippen molar-refractivity contribution >= 4 is 41.8 Å². The SMILES string of the molecule is CC(=O)OC[C@@H](OC(C)=O)[C@H]1O[C@H](O[C@H]2[C@H](O[C@@H]3O[C@H]([C@H](C)N=[N+]=[N-])[C@H](OC(=O)c4ccccc4)[C@@H]3OC(=O)c3ccccc3)[C@@H](OC(C)=O)[C@H](N=[N+]=[N-])C[C@@H]2N=[N+]=[N-])[C@H](N=[N+]=[N-])[C@@H](OC(C)=O)[C@@H]1OC(C)=O. The van der Waals surface area contributed by atoms with E-state index in [-0.39, 0.29) is 11.1 Å². The Bertz CT molecular complexity index is 2540. The Labute approximate surface area is 413 Å². The zero-order valence-electron chi connectivity index (χ0n) is 39.6. The molecule has 0 unspecified atom stereocenters. The molecule has 30 nitrogen and oxygen atoms in total. The van der Waals surface area contributed by atoms with Gasteiger partial charge in [-0.3, -0.25) is 24.0 Å². The molecule has 1 aliphatic carbocycles. The monoisotopic (exact) mass is 1020 g/mol. The van der Waals surface area contributed by atoms with Gasteiger partial charge in [-0.1, -0.05) is 63.8 Å². The molecular formula is C43H48N12O18. The standard InChI is InChI=1S/C43H48N12O18/c1-19(48-52-44)31-36(68-40(61)25-13-9-7-10-14-25)39(69-41(62)26-15-11-8-12-16-26)43(70-31)73-37-32(65-22(4)58)27(49-53-45)17-28(50-54-46)33(37)71-42-30(51-55-47)35(66-23(5)59)38(67-24(6)60)34(72-42)29(64-21(3)57)18-63-20(2)56/h7-16,19,27-39,42-43H,17-18H2,1-6H3/t19-,27+,28-,29+,30+,31+,32-,33+,34+,35+,36-,37+,38+,39-,42-,43-/m0/s1. The molecule has 2 aromatic rings. The lowest BCUT2D eigenvalue weighted by Gasteiger charge is -2.49. The molecule has 0 bridgehead atoms. The van der Waals surface area contributed by atoms with Crippen LogP contribution in [0.4, 0.5) is 0 Å². The Hall–Kier alpha value is -8.19. The summed E-state index contributed by atoms with van der Waals surface area (Å²) in [6.07, 6.45) is -22.4. The highest BCUT2D eigenvalue weighted by Crippen LogP contribution is 2.41. The van der Waals surface area contributed by atoms with Crippen LogP contribution in [0.15, 0.2) is 81.1 Å². The highest BCUT2D eigenvalue weighted by molar-refractivity contribution is 5.90. The summed E-state index contributed by atoms with van der Waals surface area (Å²) in [6, 6.07) is 8.89. The number of hydrogen-bond acceptors (Lipinski definition) is 22. The van der Waals surface area contributed by atoms with Gasteiger partial charge in [0.25, 0.3) is 0 Å². The van der Waals surface area contributed by atoms with Crippen molar-refractivity contribution in [1.82, 2.24) is 0 Å². The minimum Gasteiger partial charge on any atom is -0.462 e. The first-order valence-corrected chi connectivity index (χ1v) is 22.0. The van der Waals surface area contributed by atoms with Gasteiger partial charge in [0.15, 0.2) is 43.1 Å². The van der Waals surface area contributed by atoms with Crippen molar-refractivity contribution in [2.45, 2.75) is 146 Å². The second-order valence-corrected chi connectivity index (χ2v) is 16.2. The summed E-state index contributed by atoms with van der Waals surface area (Å²) < 4.78 is 65.2. The zero-order valence-corrected chi connectivity index (χ0v) is 39.6. The predicted octanol–water partition coefficient (Wildman–Crippen LogP) is 5.09. The Morgan fingerprint density at radius 3 is 1.53 bits per heavy atom. The molecule has 3 aliphatic rings. The largest absolute Gasteiger partial charge is 0.462 e. The molecule has 0 amide bonds. The van der Waals surface area contributed by atoms with Crippen molar-refractivity contribution in [3.05, 3.63) is 114 Å². The van der Waals surface area contributed by atoms with Gasteiger partial charge in [0.05, 0.1) is 35.4 Å². The third-order valence-corrected chi connectivity index (χ3v) is 11.1. The minimum absolute atomic E-state index is 0.00678. The molecule has 2 aliphatic heterocycles. The maximum Gasteiger partial charge on any atom is 0.338 e. The molecule has 0 spiro atoms. The molecule has 30 heteroatoms. The Kier molecular flexibility index (Phi) is 20.1. The van der Waals surface area contributed by atoms with Crippen molar-refractivity contribution < 1.29 is 85.7 Å². The summed E-state index contributed by atoms with van der Waals surface area (Å²) in [7, 11) is 0. The molecule has 16 atom stereocenters. The molecule has 0 aromatic heterocycles. The van der Waals surface area contributed by atoms with Gasteiger partial charge in [0, 0.05) is 54.3 Å². The summed E-state index contributed by atoms with van der Waals surface area (Å²) in [5.41, 5.74) is 39.2. The first-order valence-electron chi connectivity index (χ1n) is 22.0. The van der Waals surface area contributed by atoms with Gasteiger partial charge in [0.1, 0.15) is 37.1 Å². The van der Waals surface area contributed by atoms with Crippen molar-refractivity contribution in [1.29, 1.82) is 0 Å². The number of ether oxygens (including phenoxy) is 11. The fourth-order valence-electron chi connectivity index (χ4n) is 8.26. The van der Waals surface area contributed by atoms with Gasteiger partial charge in [-0.25, -0.2) is 9.59 Å². The lowest BCUT2D eigenvalue weighted by atomic mass is 9.83. The van der Waals surface area contributed by atoms with Crippen LogP contribution in [0.2, 0.25) is 0 Å². The zero-order chi connectivity index (χ0) is 53.4. The van der Waals surface area contributed by atoms with E-state index in [1.54, 1.807) is 24.3 Å². The molecule has 0 radical (unpaired) electrons. The van der Waals surface area contributed by atoms with E-state index in [0.717, 1.165) is 34.6 Å². The summed E-state index contributed by atoms with van der Waals surface area (Å²) in [5.74, 6) is -6.87. The normalized spacial score (nSPS) is 29.0. The molecule has 3 fully saturated rings. The number of carbonyl (C=O) groups is 7. The molecular weight excluding hydrogens is 973 g/mol. The van der Waals surface area contributed by atoms with Crippen LogP contribution in [0.25, 0.3) is 41.8 Å². The molecule has 2 saturated heterocycles. The fourth-order valence-corrected chi connectivity index (χ4v) is 8.26. The van der Waals surface area contributed by atoms with Crippen molar-refractivity contribution in [3.8, 4) is 0 Å². The molecule has 73 heavy (non-hydrogen) atoms. The van der Waals surface area contributed by atoms with Crippen LogP contribution in [0, 0.1) is 0 Å². The minimum atomic E-state index is -2.09. The summed E-state index contributed by atoms with van der Waals surface area (Å²) >= 11 is 0. The van der Waals surface area contributed by atoms with Crippen LogP contribution >= 0.6 is 0 Å². The van der Waals surface area contributed by atoms with Gasteiger partial charge in [0.2, 0.25) is 0 Å². The van der Waals surface area contributed by atoms with E-state index in [2.05, 4.69) is 40.1 Å². The number of carbonyl (C=O) groups excluding carboxylic acids is 7. The van der Waals surface area contributed by atoms with E-state index in [1.165, 1.54) is 43.3 Å². The highest BCUT2D eigenvalue weighted by Gasteiger charge is 2.59. The lowest BCUT2D eigenvalue weighted by molar-refractivity contribution is -0.319.